The molecule has 1 aliphatic heterocycles. The molecule has 0 amide bonds. The van der Waals surface area contributed by atoms with Crippen LogP contribution in [-0.4, -0.2) is 26.4 Å². The van der Waals surface area contributed by atoms with Crippen molar-refractivity contribution in [2.24, 2.45) is 0 Å². The van der Waals surface area contributed by atoms with Crippen LogP contribution < -0.4 is 5.73 Å². The summed E-state index contributed by atoms with van der Waals surface area (Å²) in [5.74, 6) is 0. The molecule has 0 saturated carbocycles. The number of fused-ring (bicyclic) bond motifs is 1. The molecule has 3 aromatic heterocycles. The molecule has 4 heterocycles. The molecule has 6 nitrogen and oxygen atoms in total. The van der Waals surface area contributed by atoms with E-state index < -0.39 is 0 Å². The Morgan fingerprint density at radius 1 is 1.24 bits per heavy atom. The fourth-order valence-corrected chi connectivity index (χ4v) is 3.34. The van der Waals surface area contributed by atoms with Gasteiger partial charge in [-0.2, -0.15) is 5.10 Å². The lowest BCUT2D eigenvalue weighted by Crippen LogP contribution is -2.20. The highest BCUT2D eigenvalue weighted by Crippen LogP contribution is 2.29. The van der Waals surface area contributed by atoms with E-state index in [1.807, 2.05) is 22.9 Å². The molecule has 0 spiro atoms. The number of hydrogen-bond acceptors (Lipinski definition) is 6. The maximum absolute atomic E-state index is 5.82. The van der Waals surface area contributed by atoms with Gasteiger partial charge in [0, 0.05) is 12.8 Å². The van der Waals surface area contributed by atoms with Crippen molar-refractivity contribution in [2.75, 3.05) is 12.3 Å². The molecule has 0 bridgehead atoms. The molecule has 0 radical (unpaired) electrons. The Kier molecular flexibility index (Phi) is 3.08. The van der Waals surface area contributed by atoms with Crippen LogP contribution in [0.15, 0.2) is 24.4 Å². The van der Waals surface area contributed by atoms with Gasteiger partial charge in [0.25, 0.3) is 0 Å². The summed E-state index contributed by atoms with van der Waals surface area (Å²) in [5, 5.41) is 4.96. The Bertz CT molecular complexity index is 775. The highest BCUT2D eigenvalue weighted by Gasteiger charge is 2.20. The maximum Gasteiger partial charge on any atom is 0.182 e. The largest absolute Gasteiger partial charge is 0.375 e. The number of pyridine rings is 1. The highest BCUT2D eigenvalue weighted by molar-refractivity contribution is 7.21. The summed E-state index contributed by atoms with van der Waals surface area (Å²) in [5.41, 5.74) is 8.41. The van der Waals surface area contributed by atoms with Gasteiger partial charge in [-0.25, -0.2) is 14.6 Å². The third-order valence-electron chi connectivity index (χ3n) is 3.63. The first-order chi connectivity index (χ1) is 10.3. The Morgan fingerprint density at radius 3 is 3.05 bits per heavy atom. The summed E-state index contributed by atoms with van der Waals surface area (Å²) in [4.78, 5) is 9.74. The van der Waals surface area contributed by atoms with Crippen LogP contribution in [0.1, 0.15) is 25.5 Å². The molecule has 0 aliphatic carbocycles. The molecule has 2 N–H and O–H groups in total. The van der Waals surface area contributed by atoms with Crippen LogP contribution >= 0.6 is 11.3 Å². The van der Waals surface area contributed by atoms with Gasteiger partial charge in [-0.1, -0.05) is 11.3 Å². The summed E-state index contributed by atoms with van der Waals surface area (Å²) in [6.45, 7) is 0.793. The molecule has 4 rings (SSSR count). The minimum absolute atomic E-state index is 0.00720. The van der Waals surface area contributed by atoms with E-state index in [0.717, 1.165) is 41.2 Å². The predicted molar refractivity (Wildman–Crippen MR) is 81.9 cm³/mol. The summed E-state index contributed by atoms with van der Waals surface area (Å²) in [6.07, 6.45) is 5.08. The van der Waals surface area contributed by atoms with Crippen LogP contribution in [-0.2, 0) is 4.74 Å². The van der Waals surface area contributed by atoms with Crippen LogP contribution in [0.3, 0.4) is 0 Å². The van der Waals surface area contributed by atoms with Gasteiger partial charge in [0.05, 0.1) is 11.4 Å². The number of nitrogens with zero attached hydrogens (tertiary/aromatic N) is 4. The Balaban J connectivity index is 1.75. The molecular formula is C14H15N5OS. The van der Waals surface area contributed by atoms with Crippen LogP contribution in [0.4, 0.5) is 5.13 Å². The number of aromatic nitrogens is 4. The van der Waals surface area contributed by atoms with Crippen molar-refractivity contribution in [1.29, 1.82) is 0 Å². The van der Waals surface area contributed by atoms with E-state index in [2.05, 4.69) is 15.1 Å². The monoisotopic (exact) mass is 301 g/mol. The van der Waals surface area contributed by atoms with Gasteiger partial charge >= 0.3 is 0 Å². The lowest BCUT2D eigenvalue weighted by Gasteiger charge is -2.24. The zero-order valence-electron chi connectivity index (χ0n) is 11.4. The maximum atomic E-state index is 5.82. The highest BCUT2D eigenvalue weighted by atomic mass is 32.1. The summed E-state index contributed by atoms with van der Waals surface area (Å²) in [7, 11) is 0. The summed E-state index contributed by atoms with van der Waals surface area (Å²) in [6, 6.07) is 5.87. The van der Waals surface area contributed by atoms with Crippen LogP contribution in [0, 0.1) is 0 Å². The van der Waals surface area contributed by atoms with Crippen molar-refractivity contribution in [3.05, 3.63) is 24.4 Å². The zero-order valence-corrected chi connectivity index (χ0v) is 12.2. The van der Waals surface area contributed by atoms with E-state index in [1.54, 1.807) is 6.20 Å². The average Bonchev–Trinajstić information content (AvgIpc) is 3.12. The van der Waals surface area contributed by atoms with E-state index in [9.17, 15) is 0 Å². The van der Waals surface area contributed by atoms with Crippen molar-refractivity contribution in [2.45, 2.75) is 25.5 Å². The number of nitrogens with two attached hydrogens (primary N) is 1. The first-order valence-electron chi connectivity index (χ1n) is 7.00. The smallest absolute Gasteiger partial charge is 0.182 e. The standard InChI is InChI=1S/C14H15N5OS/c15-14-18-10-5-4-9(17-13(10)21-14)11-6-7-16-19(11)12-3-1-2-8-20-12/h4-7,12H,1-3,8H2,(H2,15,18). The predicted octanol–water partition coefficient (Wildman–Crippen LogP) is 2.84. The van der Waals surface area contributed by atoms with E-state index in [1.165, 1.54) is 17.8 Å². The molecule has 3 aromatic rings. The summed E-state index contributed by atoms with van der Waals surface area (Å²) < 4.78 is 7.75. The Labute approximate surface area is 125 Å². The first-order valence-corrected chi connectivity index (χ1v) is 7.81. The summed E-state index contributed by atoms with van der Waals surface area (Å²) >= 11 is 1.40. The van der Waals surface area contributed by atoms with Crippen LogP contribution in [0.5, 0.6) is 0 Å². The lowest BCUT2D eigenvalue weighted by molar-refractivity contribution is -0.0384. The first kappa shape index (κ1) is 12.7. The number of ether oxygens (including phenoxy) is 1. The molecule has 21 heavy (non-hydrogen) atoms. The van der Waals surface area contributed by atoms with E-state index in [0.29, 0.717) is 5.13 Å². The molecule has 1 aliphatic rings. The third kappa shape index (κ3) is 2.28. The lowest BCUT2D eigenvalue weighted by atomic mass is 10.2. The number of thiazole rings is 1. The fraction of sp³-hybridized carbons (Fsp3) is 0.357. The molecule has 1 saturated heterocycles. The fourth-order valence-electron chi connectivity index (χ4n) is 2.64. The quantitative estimate of drug-likeness (QED) is 0.787. The van der Waals surface area contributed by atoms with Gasteiger partial charge < -0.3 is 10.5 Å². The molecule has 7 heteroatoms. The van der Waals surface area contributed by atoms with E-state index in [-0.39, 0.29) is 6.23 Å². The molecule has 108 valence electrons. The molecule has 1 fully saturated rings. The molecule has 1 atom stereocenters. The number of anilines is 1. The minimum Gasteiger partial charge on any atom is -0.375 e. The Morgan fingerprint density at radius 2 is 2.19 bits per heavy atom. The molecule has 1 unspecified atom stereocenters. The van der Waals surface area contributed by atoms with Crippen molar-refractivity contribution in [3.8, 4) is 11.4 Å². The SMILES string of the molecule is Nc1nc2ccc(-c3ccnn3C3CCCCO3)nc2s1. The minimum atomic E-state index is 0.00720. The number of nitrogen functional groups attached to an aromatic ring is 1. The second-order valence-corrected chi connectivity index (χ2v) is 6.06. The van der Waals surface area contributed by atoms with Gasteiger partial charge in [-0.3, -0.25) is 0 Å². The normalized spacial score (nSPS) is 19.1. The van der Waals surface area contributed by atoms with Crippen molar-refractivity contribution < 1.29 is 4.74 Å². The van der Waals surface area contributed by atoms with Gasteiger partial charge in [-0.05, 0) is 37.5 Å². The van der Waals surface area contributed by atoms with Gasteiger partial charge in [-0.15, -0.1) is 0 Å². The Hall–Kier alpha value is -1.99. The van der Waals surface area contributed by atoms with Gasteiger partial charge in [0.1, 0.15) is 10.3 Å². The second kappa shape index (κ2) is 5.09. The topological polar surface area (TPSA) is 78.8 Å². The zero-order chi connectivity index (χ0) is 14.2. The van der Waals surface area contributed by atoms with Crippen molar-refractivity contribution >= 4 is 26.8 Å². The third-order valence-corrected chi connectivity index (χ3v) is 4.43. The average molecular weight is 301 g/mol. The van der Waals surface area contributed by atoms with Crippen molar-refractivity contribution in [3.63, 3.8) is 0 Å². The van der Waals surface area contributed by atoms with Crippen molar-refractivity contribution in [1.82, 2.24) is 19.7 Å². The second-order valence-electron chi connectivity index (χ2n) is 5.06. The van der Waals surface area contributed by atoms with Crippen LogP contribution in [0.25, 0.3) is 21.7 Å². The number of hydrogen-bond donors (Lipinski definition) is 1. The number of rotatable bonds is 2. The van der Waals surface area contributed by atoms with Gasteiger partial charge in [0.2, 0.25) is 0 Å². The van der Waals surface area contributed by atoms with E-state index >= 15 is 0 Å². The molecule has 0 aromatic carbocycles. The van der Waals surface area contributed by atoms with E-state index in [4.69, 9.17) is 10.5 Å². The van der Waals surface area contributed by atoms with Gasteiger partial charge in [0.15, 0.2) is 11.4 Å². The van der Waals surface area contributed by atoms with Crippen LogP contribution in [0.2, 0.25) is 0 Å². The molecular weight excluding hydrogens is 286 g/mol.